The highest BCUT2D eigenvalue weighted by Crippen LogP contribution is 2.13. The number of aromatic nitrogens is 2. The van der Waals surface area contributed by atoms with Crippen LogP contribution in [0.2, 0.25) is 0 Å². The summed E-state index contributed by atoms with van der Waals surface area (Å²) in [6.45, 7) is 0. The van der Waals surface area contributed by atoms with Crippen LogP contribution in [0.15, 0.2) is 35.0 Å². The molecular formula is C8H5N2O. The highest BCUT2D eigenvalue weighted by Gasteiger charge is 1.99. The lowest BCUT2D eigenvalue weighted by atomic mass is 10.3. The smallest absolute Gasteiger partial charge is 0.185 e. The Morgan fingerprint density at radius 2 is 2.36 bits per heavy atom. The molecule has 0 bridgehead atoms. The molecule has 0 amide bonds. The van der Waals surface area contributed by atoms with Gasteiger partial charge >= 0.3 is 0 Å². The Hall–Kier alpha value is -1.64. The summed E-state index contributed by atoms with van der Waals surface area (Å²) in [4.78, 5) is 4.07. The first kappa shape index (κ1) is 6.09. The standard InChI is InChI=1S/C8H5N2O/c1-2-5-9-7(3-1)8-4-6-10-11-8/h1-5H. The lowest BCUT2D eigenvalue weighted by Crippen LogP contribution is -1.76. The molecule has 0 unspecified atom stereocenters. The second-order valence-electron chi connectivity index (χ2n) is 2.04. The zero-order valence-corrected chi connectivity index (χ0v) is 5.69. The number of hydrogen-bond donors (Lipinski definition) is 0. The molecule has 11 heavy (non-hydrogen) atoms. The predicted octanol–water partition coefficient (Wildman–Crippen LogP) is 1.54. The number of pyridine rings is 1. The van der Waals surface area contributed by atoms with E-state index in [0.29, 0.717) is 5.76 Å². The highest BCUT2D eigenvalue weighted by molar-refractivity contribution is 5.49. The number of rotatable bonds is 1. The van der Waals surface area contributed by atoms with Crippen LogP contribution in [-0.2, 0) is 0 Å². The Morgan fingerprint density at radius 1 is 1.36 bits per heavy atom. The van der Waals surface area contributed by atoms with Crippen LogP contribution in [0.1, 0.15) is 0 Å². The molecule has 53 valence electrons. The van der Waals surface area contributed by atoms with E-state index in [1.807, 2.05) is 18.2 Å². The lowest BCUT2D eigenvalue weighted by molar-refractivity contribution is 0.429. The third kappa shape index (κ3) is 1.12. The van der Waals surface area contributed by atoms with Gasteiger partial charge in [0.15, 0.2) is 5.76 Å². The van der Waals surface area contributed by atoms with Crippen molar-refractivity contribution in [2.24, 2.45) is 0 Å². The molecule has 0 aliphatic heterocycles. The van der Waals surface area contributed by atoms with Gasteiger partial charge in [-0.2, -0.15) is 0 Å². The molecular weight excluding hydrogens is 140 g/mol. The summed E-state index contributed by atoms with van der Waals surface area (Å²) >= 11 is 0. The molecule has 0 saturated carbocycles. The summed E-state index contributed by atoms with van der Waals surface area (Å²) in [5, 5.41) is 3.46. The maximum Gasteiger partial charge on any atom is 0.185 e. The van der Waals surface area contributed by atoms with E-state index in [2.05, 4.69) is 16.3 Å². The third-order valence-corrected chi connectivity index (χ3v) is 1.31. The minimum atomic E-state index is 0.644. The molecule has 2 heterocycles. The molecule has 0 aliphatic carbocycles. The molecule has 0 N–H and O–H groups in total. The Balaban J connectivity index is 2.46. The van der Waals surface area contributed by atoms with Crippen molar-refractivity contribution in [2.75, 3.05) is 0 Å². The van der Waals surface area contributed by atoms with Crippen molar-refractivity contribution >= 4 is 0 Å². The molecule has 0 spiro atoms. The average molecular weight is 145 g/mol. The molecule has 0 saturated heterocycles. The molecule has 3 heteroatoms. The molecule has 2 aromatic rings. The van der Waals surface area contributed by atoms with Crippen LogP contribution in [0.4, 0.5) is 0 Å². The van der Waals surface area contributed by atoms with Crippen molar-refractivity contribution in [3.05, 3.63) is 36.7 Å². The summed E-state index contributed by atoms with van der Waals surface area (Å²) in [6.07, 6.45) is 4.28. The summed E-state index contributed by atoms with van der Waals surface area (Å²) in [7, 11) is 0. The van der Waals surface area contributed by atoms with Gasteiger partial charge in [0.05, 0.1) is 0 Å². The van der Waals surface area contributed by atoms with E-state index in [1.165, 1.54) is 0 Å². The second-order valence-corrected chi connectivity index (χ2v) is 2.04. The van der Waals surface area contributed by atoms with Crippen molar-refractivity contribution in [3.63, 3.8) is 0 Å². The van der Waals surface area contributed by atoms with E-state index in [4.69, 9.17) is 4.52 Å². The average Bonchev–Trinajstić information content (AvgIpc) is 2.58. The zero-order chi connectivity index (χ0) is 7.52. The van der Waals surface area contributed by atoms with Crippen LogP contribution in [0.5, 0.6) is 0 Å². The Kier molecular flexibility index (Phi) is 1.41. The number of nitrogens with zero attached hydrogens (tertiary/aromatic N) is 2. The summed E-state index contributed by atoms with van der Waals surface area (Å²) in [5.74, 6) is 0.644. The Morgan fingerprint density at radius 3 is 3.00 bits per heavy atom. The van der Waals surface area contributed by atoms with E-state index in [9.17, 15) is 0 Å². The summed E-state index contributed by atoms with van der Waals surface area (Å²) in [5.41, 5.74) is 0.779. The third-order valence-electron chi connectivity index (χ3n) is 1.31. The zero-order valence-electron chi connectivity index (χ0n) is 5.69. The van der Waals surface area contributed by atoms with E-state index < -0.39 is 0 Å². The Labute approximate surface area is 63.7 Å². The van der Waals surface area contributed by atoms with Crippen LogP contribution in [0.3, 0.4) is 0 Å². The molecule has 0 fully saturated rings. The van der Waals surface area contributed by atoms with Gasteiger partial charge in [0.25, 0.3) is 0 Å². The van der Waals surface area contributed by atoms with Crippen molar-refractivity contribution < 1.29 is 4.52 Å². The van der Waals surface area contributed by atoms with Crippen LogP contribution in [0.25, 0.3) is 11.5 Å². The first-order valence-corrected chi connectivity index (χ1v) is 3.21. The van der Waals surface area contributed by atoms with Crippen LogP contribution in [0, 0.1) is 6.20 Å². The van der Waals surface area contributed by atoms with Gasteiger partial charge in [0.2, 0.25) is 0 Å². The van der Waals surface area contributed by atoms with Crippen molar-refractivity contribution in [3.8, 4) is 11.5 Å². The van der Waals surface area contributed by atoms with Gasteiger partial charge in [-0.3, -0.25) is 4.98 Å². The highest BCUT2D eigenvalue weighted by atomic mass is 16.5. The minimum absolute atomic E-state index is 0.644. The first-order chi connectivity index (χ1) is 5.47. The predicted molar refractivity (Wildman–Crippen MR) is 38.6 cm³/mol. The molecule has 2 rings (SSSR count). The second kappa shape index (κ2) is 2.54. The van der Waals surface area contributed by atoms with E-state index in [-0.39, 0.29) is 0 Å². The number of hydrogen-bond acceptors (Lipinski definition) is 3. The lowest BCUT2D eigenvalue weighted by Gasteiger charge is -1.89. The van der Waals surface area contributed by atoms with Gasteiger partial charge in [-0.15, -0.1) is 0 Å². The van der Waals surface area contributed by atoms with E-state index >= 15 is 0 Å². The van der Waals surface area contributed by atoms with Crippen LogP contribution >= 0.6 is 0 Å². The van der Waals surface area contributed by atoms with Crippen molar-refractivity contribution in [2.45, 2.75) is 0 Å². The molecule has 3 nitrogen and oxygen atoms in total. The monoisotopic (exact) mass is 145 g/mol. The van der Waals surface area contributed by atoms with Crippen molar-refractivity contribution in [1.29, 1.82) is 0 Å². The molecule has 0 atom stereocenters. The maximum absolute atomic E-state index is 4.85. The SMILES string of the molecule is [c]1cc(-c2ccccn2)on1. The van der Waals surface area contributed by atoms with Gasteiger partial charge in [-0.05, 0) is 12.1 Å². The normalized spacial score (nSPS) is 9.82. The van der Waals surface area contributed by atoms with Gasteiger partial charge in [0.1, 0.15) is 11.9 Å². The first-order valence-electron chi connectivity index (χ1n) is 3.21. The van der Waals surface area contributed by atoms with Crippen molar-refractivity contribution in [1.82, 2.24) is 10.1 Å². The summed E-state index contributed by atoms with van der Waals surface area (Å²) < 4.78 is 4.85. The molecule has 0 aromatic carbocycles. The molecule has 0 aliphatic rings. The van der Waals surface area contributed by atoms with E-state index in [1.54, 1.807) is 12.3 Å². The summed E-state index contributed by atoms with van der Waals surface area (Å²) in [6, 6.07) is 7.26. The quantitative estimate of drug-likeness (QED) is 0.610. The molecule has 1 radical (unpaired) electrons. The Bertz CT molecular complexity index is 315. The largest absolute Gasteiger partial charge is 0.354 e. The van der Waals surface area contributed by atoms with E-state index in [0.717, 1.165) is 5.69 Å². The maximum atomic E-state index is 4.85. The van der Waals surface area contributed by atoms with Gasteiger partial charge in [0, 0.05) is 12.3 Å². The fraction of sp³-hybridized carbons (Fsp3) is 0. The molecule has 2 aromatic heterocycles. The van der Waals surface area contributed by atoms with Gasteiger partial charge in [-0.25, -0.2) is 0 Å². The topological polar surface area (TPSA) is 38.9 Å². The fourth-order valence-electron chi connectivity index (χ4n) is 0.816. The van der Waals surface area contributed by atoms with Gasteiger partial charge < -0.3 is 4.52 Å². The fourth-order valence-corrected chi connectivity index (χ4v) is 0.816. The minimum Gasteiger partial charge on any atom is -0.354 e. The van der Waals surface area contributed by atoms with Crippen LogP contribution in [-0.4, -0.2) is 10.1 Å². The van der Waals surface area contributed by atoms with Gasteiger partial charge in [-0.1, -0.05) is 11.2 Å². The van der Waals surface area contributed by atoms with Crippen LogP contribution < -0.4 is 0 Å².